The van der Waals surface area contributed by atoms with Gasteiger partial charge in [0.2, 0.25) is 17.7 Å². The van der Waals surface area contributed by atoms with Crippen LogP contribution in [0.4, 0.5) is 5.69 Å². The van der Waals surface area contributed by atoms with Gasteiger partial charge in [-0.1, -0.05) is 36.0 Å². The Morgan fingerprint density at radius 1 is 1.11 bits per heavy atom. The van der Waals surface area contributed by atoms with Crippen LogP contribution in [0.25, 0.3) is 17.1 Å². The number of carbonyl (C=O) groups excluding carboxylic acids is 1. The van der Waals surface area contributed by atoms with Crippen molar-refractivity contribution in [1.29, 1.82) is 0 Å². The number of carbonyl (C=O) groups is 1. The van der Waals surface area contributed by atoms with Crippen molar-refractivity contribution >= 4 is 23.4 Å². The maximum absolute atomic E-state index is 11.3. The largest absolute Gasteiger partial charge is 0.420 e. The van der Waals surface area contributed by atoms with Crippen LogP contribution in [0, 0.1) is 0 Å². The lowest BCUT2D eigenvalue weighted by atomic mass is 10.2. The molecule has 0 aliphatic heterocycles. The molecule has 9 heteroatoms. The average molecular weight is 392 g/mol. The Bertz CT molecular complexity index is 1090. The molecule has 4 rings (SSSR count). The number of hydrogen-bond donors (Lipinski definition) is 1. The van der Waals surface area contributed by atoms with Crippen LogP contribution in [-0.4, -0.2) is 30.9 Å². The summed E-state index contributed by atoms with van der Waals surface area (Å²) in [4.78, 5) is 11.3. The van der Waals surface area contributed by atoms with Crippen molar-refractivity contribution in [3.63, 3.8) is 0 Å². The van der Waals surface area contributed by atoms with E-state index in [0.717, 1.165) is 11.3 Å². The fourth-order valence-electron chi connectivity index (χ4n) is 2.57. The summed E-state index contributed by atoms with van der Waals surface area (Å²) in [6.45, 7) is 1.47. The van der Waals surface area contributed by atoms with Crippen LogP contribution < -0.4 is 5.32 Å². The second kappa shape index (κ2) is 8.05. The molecule has 0 bridgehead atoms. The second-order valence-corrected chi connectivity index (χ2v) is 6.81. The van der Waals surface area contributed by atoms with Crippen molar-refractivity contribution in [2.45, 2.75) is 17.8 Å². The second-order valence-electron chi connectivity index (χ2n) is 5.87. The monoisotopic (exact) mass is 392 g/mol. The molecule has 0 aliphatic rings. The summed E-state index contributed by atoms with van der Waals surface area (Å²) in [5.41, 5.74) is 2.43. The maximum atomic E-state index is 11.3. The molecule has 0 radical (unpaired) electrons. The summed E-state index contributed by atoms with van der Waals surface area (Å²) in [5, 5.41) is 19.8. The molecule has 0 unspecified atom stereocenters. The third-order valence-corrected chi connectivity index (χ3v) is 4.70. The Balaban J connectivity index is 1.48. The number of thioether (sulfide) groups is 1. The van der Waals surface area contributed by atoms with Gasteiger partial charge in [-0.15, -0.1) is 20.4 Å². The van der Waals surface area contributed by atoms with Crippen LogP contribution in [0.15, 0.2) is 70.5 Å². The summed E-state index contributed by atoms with van der Waals surface area (Å²) in [7, 11) is 0. The first-order chi connectivity index (χ1) is 13.7. The van der Waals surface area contributed by atoms with Gasteiger partial charge in [0.1, 0.15) is 6.33 Å². The van der Waals surface area contributed by atoms with Crippen LogP contribution in [0.1, 0.15) is 12.8 Å². The lowest BCUT2D eigenvalue weighted by Gasteiger charge is -2.08. The van der Waals surface area contributed by atoms with Gasteiger partial charge in [-0.3, -0.25) is 9.36 Å². The van der Waals surface area contributed by atoms with Crippen LogP contribution in [0.5, 0.6) is 0 Å². The molecule has 2 heterocycles. The smallest absolute Gasteiger partial charge is 0.247 e. The predicted molar refractivity (Wildman–Crippen MR) is 105 cm³/mol. The van der Waals surface area contributed by atoms with Crippen LogP contribution in [-0.2, 0) is 10.5 Å². The van der Waals surface area contributed by atoms with Crippen molar-refractivity contribution in [1.82, 2.24) is 25.0 Å². The standard InChI is InChI=1S/C19H16N6O2S/c1-13(26)21-15-8-5-9-16(10-15)25-12-20-24-19(25)28-11-17-22-23-18(27-17)14-6-3-2-4-7-14/h2-10,12H,11H2,1H3,(H,21,26). The summed E-state index contributed by atoms with van der Waals surface area (Å²) < 4.78 is 7.57. The zero-order chi connectivity index (χ0) is 19.3. The molecule has 2 aromatic carbocycles. The number of anilines is 1. The van der Waals surface area contributed by atoms with Crippen LogP contribution in [0.2, 0.25) is 0 Å². The van der Waals surface area contributed by atoms with Gasteiger partial charge in [-0.05, 0) is 30.3 Å². The molecule has 28 heavy (non-hydrogen) atoms. The molecule has 0 saturated carbocycles. The van der Waals surface area contributed by atoms with E-state index in [2.05, 4.69) is 25.7 Å². The molecular weight excluding hydrogens is 376 g/mol. The van der Waals surface area contributed by atoms with Crippen molar-refractivity contribution < 1.29 is 9.21 Å². The van der Waals surface area contributed by atoms with Crippen molar-refractivity contribution in [3.8, 4) is 17.1 Å². The molecule has 0 aliphatic carbocycles. The quantitative estimate of drug-likeness (QED) is 0.501. The molecule has 1 N–H and O–H groups in total. The average Bonchev–Trinajstić information content (AvgIpc) is 3.36. The Kier molecular flexibility index (Phi) is 5.16. The number of nitrogens with one attached hydrogen (secondary N) is 1. The van der Waals surface area contributed by atoms with Crippen molar-refractivity contribution in [3.05, 3.63) is 66.8 Å². The zero-order valence-corrected chi connectivity index (χ0v) is 15.8. The minimum absolute atomic E-state index is 0.124. The number of amides is 1. The van der Waals surface area contributed by atoms with Gasteiger partial charge in [0.15, 0.2) is 5.16 Å². The Morgan fingerprint density at radius 3 is 2.79 bits per heavy atom. The Morgan fingerprint density at radius 2 is 1.96 bits per heavy atom. The fourth-order valence-corrected chi connectivity index (χ4v) is 3.34. The van der Waals surface area contributed by atoms with Crippen LogP contribution >= 0.6 is 11.8 Å². The summed E-state index contributed by atoms with van der Waals surface area (Å²) in [6, 6.07) is 17.1. The normalized spacial score (nSPS) is 10.8. The molecule has 0 fully saturated rings. The Labute approximate surface area is 165 Å². The van der Waals surface area contributed by atoms with Gasteiger partial charge in [0.25, 0.3) is 0 Å². The van der Waals surface area contributed by atoms with E-state index >= 15 is 0 Å². The minimum atomic E-state index is -0.124. The van der Waals surface area contributed by atoms with E-state index in [-0.39, 0.29) is 5.91 Å². The molecule has 140 valence electrons. The van der Waals surface area contributed by atoms with Crippen LogP contribution in [0.3, 0.4) is 0 Å². The summed E-state index contributed by atoms with van der Waals surface area (Å²) in [5.74, 6) is 1.33. The van der Waals surface area contributed by atoms with E-state index in [1.54, 1.807) is 6.33 Å². The molecule has 4 aromatic rings. The predicted octanol–water partition coefficient (Wildman–Crippen LogP) is 3.57. The lowest BCUT2D eigenvalue weighted by molar-refractivity contribution is -0.114. The summed E-state index contributed by atoms with van der Waals surface area (Å²) >= 11 is 1.44. The zero-order valence-electron chi connectivity index (χ0n) is 14.9. The molecule has 0 saturated heterocycles. The molecule has 0 atom stereocenters. The molecule has 0 spiro atoms. The Hall–Kier alpha value is -3.46. The van der Waals surface area contributed by atoms with E-state index in [1.807, 2.05) is 59.2 Å². The number of rotatable bonds is 6. The van der Waals surface area contributed by atoms with Gasteiger partial charge >= 0.3 is 0 Å². The summed E-state index contributed by atoms with van der Waals surface area (Å²) in [6.07, 6.45) is 1.62. The van der Waals surface area contributed by atoms with E-state index < -0.39 is 0 Å². The number of benzene rings is 2. The first kappa shape index (κ1) is 17.9. The van der Waals surface area contributed by atoms with E-state index in [1.165, 1.54) is 18.7 Å². The van der Waals surface area contributed by atoms with E-state index in [9.17, 15) is 4.79 Å². The van der Waals surface area contributed by atoms with Gasteiger partial charge in [0.05, 0.1) is 11.4 Å². The molecule has 8 nitrogen and oxygen atoms in total. The highest BCUT2D eigenvalue weighted by Crippen LogP contribution is 2.25. The first-order valence-corrected chi connectivity index (χ1v) is 9.46. The highest BCUT2D eigenvalue weighted by molar-refractivity contribution is 7.98. The topological polar surface area (TPSA) is 98.7 Å². The van der Waals surface area contributed by atoms with E-state index in [4.69, 9.17) is 4.42 Å². The number of nitrogens with zero attached hydrogens (tertiary/aromatic N) is 5. The van der Waals surface area contributed by atoms with Crippen molar-refractivity contribution in [2.75, 3.05) is 5.32 Å². The minimum Gasteiger partial charge on any atom is -0.420 e. The molecule has 1 amide bonds. The lowest BCUT2D eigenvalue weighted by Crippen LogP contribution is -2.06. The van der Waals surface area contributed by atoms with Crippen molar-refractivity contribution in [2.24, 2.45) is 0 Å². The third kappa shape index (κ3) is 4.09. The van der Waals surface area contributed by atoms with Gasteiger partial charge < -0.3 is 9.73 Å². The third-order valence-electron chi connectivity index (χ3n) is 3.77. The van der Waals surface area contributed by atoms with Gasteiger partial charge in [-0.2, -0.15) is 0 Å². The van der Waals surface area contributed by atoms with E-state index in [0.29, 0.717) is 28.4 Å². The number of aromatic nitrogens is 5. The highest BCUT2D eigenvalue weighted by atomic mass is 32.2. The number of hydrogen-bond acceptors (Lipinski definition) is 7. The van der Waals surface area contributed by atoms with Gasteiger partial charge in [-0.25, -0.2) is 0 Å². The maximum Gasteiger partial charge on any atom is 0.247 e. The van der Waals surface area contributed by atoms with Gasteiger partial charge in [0, 0.05) is 18.2 Å². The highest BCUT2D eigenvalue weighted by Gasteiger charge is 2.12. The SMILES string of the molecule is CC(=O)Nc1cccc(-n2cnnc2SCc2nnc(-c3ccccc3)o2)c1. The fraction of sp³-hybridized carbons (Fsp3) is 0.105. The first-order valence-electron chi connectivity index (χ1n) is 8.48. The molecular formula is C19H16N6O2S. The molecule has 2 aromatic heterocycles.